The van der Waals surface area contributed by atoms with Crippen molar-refractivity contribution in [2.45, 2.75) is 50.8 Å². The first-order chi connectivity index (χ1) is 13.4. The fourth-order valence-electron chi connectivity index (χ4n) is 3.99. The second-order valence-corrected chi connectivity index (χ2v) is 10.3. The van der Waals surface area contributed by atoms with Crippen molar-refractivity contribution in [3.63, 3.8) is 0 Å². The molecule has 6 nitrogen and oxygen atoms in total. The molecule has 3 unspecified atom stereocenters. The average molecular weight is 429 g/mol. The molecule has 3 rings (SSSR count). The highest BCUT2D eigenvalue weighted by molar-refractivity contribution is 7.91. The molecule has 156 valence electrons. The summed E-state index contributed by atoms with van der Waals surface area (Å²) in [6.45, 7) is 3.41. The Kier molecular flexibility index (Phi) is 7.36. The topological polar surface area (TPSA) is 75.7 Å². The van der Waals surface area contributed by atoms with Crippen molar-refractivity contribution in [1.29, 1.82) is 0 Å². The number of carbonyl (C=O) groups is 1. The molecule has 0 aromatic heterocycles. The Morgan fingerprint density at radius 1 is 1.32 bits per heavy atom. The highest BCUT2D eigenvalue weighted by Gasteiger charge is 2.36. The van der Waals surface area contributed by atoms with E-state index in [1.807, 2.05) is 24.3 Å². The minimum Gasteiger partial charge on any atom is -0.376 e. The summed E-state index contributed by atoms with van der Waals surface area (Å²) in [5.41, 5.74) is 1.08. The lowest BCUT2D eigenvalue weighted by Gasteiger charge is -2.31. The van der Waals surface area contributed by atoms with Gasteiger partial charge >= 0.3 is 0 Å². The number of amides is 1. The zero-order valence-corrected chi connectivity index (χ0v) is 17.8. The first kappa shape index (κ1) is 21.6. The molecule has 2 heterocycles. The van der Waals surface area contributed by atoms with E-state index in [1.165, 1.54) is 0 Å². The van der Waals surface area contributed by atoms with Crippen LogP contribution in [0.25, 0.3) is 0 Å². The summed E-state index contributed by atoms with van der Waals surface area (Å²) >= 11 is 5.96. The third kappa shape index (κ3) is 5.69. The zero-order chi connectivity index (χ0) is 20.1. The molecule has 2 fully saturated rings. The number of benzene rings is 1. The second-order valence-electron chi connectivity index (χ2n) is 7.63. The van der Waals surface area contributed by atoms with Crippen molar-refractivity contribution >= 4 is 27.3 Å². The predicted molar refractivity (Wildman–Crippen MR) is 110 cm³/mol. The minimum absolute atomic E-state index is 0.00508. The fraction of sp³-hybridized carbons (Fsp3) is 0.650. The minimum atomic E-state index is -3.06. The highest BCUT2D eigenvalue weighted by atomic mass is 35.5. The fourth-order valence-corrected chi connectivity index (χ4v) is 5.85. The van der Waals surface area contributed by atoms with Gasteiger partial charge in [0.2, 0.25) is 5.91 Å². The molecule has 0 saturated carbocycles. The summed E-state index contributed by atoms with van der Waals surface area (Å²) < 4.78 is 29.6. The average Bonchev–Trinajstić information content (AvgIpc) is 3.30. The molecule has 0 radical (unpaired) electrons. The molecule has 2 aliphatic heterocycles. The van der Waals surface area contributed by atoms with Crippen LogP contribution in [0, 0.1) is 0 Å². The Morgan fingerprint density at radius 3 is 2.64 bits per heavy atom. The third-order valence-corrected chi connectivity index (χ3v) is 7.58. The highest BCUT2D eigenvalue weighted by Crippen LogP contribution is 2.22. The molecule has 1 N–H and O–H groups in total. The van der Waals surface area contributed by atoms with Gasteiger partial charge in [-0.15, -0.1) is 0 Å². The van der Waals surface area contributed by atoms with Crippen molar-refractivity contribution in [2.75, 3.05) is 31.2 Å². The molecule has 2 saturated heterocycles. The number of sulfone groups is 1. The van der Waals surface area contributed by atoms with Crippen LogP contribution in [0.2, 0.25) is 5.02 Å². The Balaban J connectivity index is 1.65. The molecule has 0 bridgehead atoms. The first-order valence-corrected chi connectivity index (χ1v) is 12.2. The van der Waals surface area contributed by atoms with Crippen molar-refractivity contribution in [2.24, 2.45) is 0 Å². The maximum Gasteiger partial charge on any atom is 0.236 e. The predicted octanol–water partition coefficient (Wildman–Crippen LogP) is 2.58. The van der Waals surface area contributed by atoms with E-state index in [9.17, 15) is 13.2 Å². The van der Waals surface area contributed by atoms with E-state index in [4.69, 9.17) is 16.3 Å². The molecule has 28 heavy (non-hydrogen) atoms. The van der Waals surface area contributed by atoms with E-state index >= 15 is 0 Å². The maximum atomic E-state index is 13.0. The number of hydrogen-bond acceptors (Lipinski definition) is 5. The van der Waals surface area contributed by atoms with Gasteiger partial charge in [0, 0.05) is 30.3 Å². The first-order valence-electron chi connectivity index (χ1n) is 9.98. The number of nitrogens with one attached hydrogen (secondary N) is 1. The second kappa shape index (κ2) is 9.57. The normalized spacial score (nSPS) is 24.9. The summed E-state index contributed by atoms with van der Waals surface area (Å²) in [5.74, 6) is 0.146. The summed E-state index contributed by atoms with van der Waals surface area (Å²) in [4.78, 5) is 14.8. The number of carbonyl (C=O) groups excluding carboxylic acids is 1. The standard InChI is InChI=1S/C20H29ClN2O4S/c1-2-19(15-5-7-16(21)8-6-15)22-12-20(24)23(13-18-4-3-10-27-18)17-9-11-28(25,26)14-17/h5-8,17-19,22H,2-4,9-14H2,1H3. The zero-order valence-electron chi connectivity index (χ0n) is 16.3. The number of hydrogen-bond donors (Lipinski definition) is 1. The van der Waals surface area contributed by atoms with Gasteiger partial charge in [-0.05, 0) is 43.4 Å². The van der Waals surface area contributed by atoms with Crippen LogP contribution in [0.1, 0.15) is 44.2 Å². The molecule has 2 aliphatic rings. The van der Waals surface area contributed by atoms with Crippen LogP contribution in [0.4, 0.5) is 0 Å². The van der Waals surface area contributed by atoms with Crippen LogP contribution in [-0.4, -0.2) is 62.6 Å². The quantitative estimate of drug-likeness (QED) is 0.688. The summed E-state index contributed by atoms with van der Waals surface area (Å²) in [5, 5.41) is 4.01. The van der Waals surface area contributed by atoms with Crippen LogP contribution < -0.4 is 5.32 Å². The summed E-state index contributed by atoms with van der Waals surface area (Å²) in [6, 6.07) is 7.40. The van der Waals surface area contributed by atoms with Crippen molar-refractivity contribution in [3.05, 3.63) is 34.9 Å². The Bertz CT molecular complexity index is 763. The molecule has 0 aliphatic carbocycles. The van der Waals surface area contributed by atoms with Crippen LogP contribution in [-0.2, 0) is 19.4 Å². The number of nitrogens with zero attached hydrogens (tertiary/aromatic N) is 1. The van der Waals surface area contributed by atoms with Gasteiger partial charge in [0.25, 0.3) is 0 Å². The van der Waals surface area contributed by atoms with E-state index < -0.39 is 9.84 Å². The van der Waals surface area contributed by atoms with Crippen LogP contribution in [0.5, 0.6) is 0 Å². The van der Waals surface area contributed by atoms with E-state index in [1.54, 1.807) is 4.90 Å². The molecule has 3 atom stereocenters. The van der Waals surface area contributed by atoms with Crippen LogP contribution >= 0.6 is 11.6 Å². The molecule has 1 aromatic carbocycles. The van der Waals surface area contributed by atoms with E-state index in [2.05, 4.69) is 12.2 Å². The van der Waals surface area contributed by atoms with Crippen molar-refractivity contribution in [1.82, 2.24) is 10.2 Å². The molecule has 8 heteroatoms. The van der Waals surface area contributed by atoms with Gasteiger partial charge in [-0.1, -0.05) is 30.7 Å². The molecule has 0 spiro atoms. The lowest BCUT2D eigenvalue weighted by atomic mass is 10.0. The smallest absolute Gasteiger partial charge is 0.236 e. The number of halogens is 1. The maximum absolute atomic E-state index is 13.0. The van der Waals surface area contributed by atoms with Gasteiger partial charge in [-0.2, -0.15) is 0 Å². The Labute approximate surface area is 172 Å². The number of ether oxygens (including phenoxy) is 1. The molecular weight excluding hydrogens is 400 g/mol. The van der Waals surface area contributed by atoms with Gasteiger partial charge in [0.1, 0.15) is 0 Å². The van der Waals surface area contributed by atoms with Gasteiger partial charge in [0.15, 0.2) is 9.84 Å². The number of rotatable bonds is 8. The largest absolute Gasteiger partial charge is 0.376 e. The summed E-state index contributed by atoms with van der Waals surface area (Å²) in [7, 11) is -3.06. The van der Waals surface area contributed by atoms with E-state index in [-0.39, 0.29) is 42.1 Å². The molecule has 1 aromatic rings. The van der Waals surface area contributed by atoms with Gasteiger partial charge < -0.3 is 15.0 Å². The SMILES string of the molecule is CCC(NCC(=O)N(CC1CCCO1)C1CCS(=O)(=O)C1)c1ccc(Cl)cc1. The lowest BCUT2D eigenvalue weighted by Crippen LogP contribution is -2.48. The third-order valence-electron chi connectivity index (χ3n) is 5.57. The van der Waals surface area contributed by atoms with E-state index in [0.29, 0.717) is 24.6 Å². The van der Waals surface area contributed by atoms with Crippen molar-refractivity contribution in [3.8, 4) is 0 Å². The summed E-state index contributed by atoms with van der Waals surface area (Å²) in [6.07, 6.45) is 3.25. The monoisotopic (exact) mass is 428 g/mol. The molecule has 1 amide bonds. The van der Waals surface area contributed by atoms with E-state index in [0.717, 1.165) is 24.8 Å². The van der Waals surface area contributed by atoms with Crippen LogP contribution in [0.15, 0.2) is 24.3 Å². The lowest BCUT2D eigenvalue weighted by molar-refractivity contribution is -0.134. The van der Waals surface area contributed by atoms with Gasteiger partial charge in [-0.25, -0.2) is 8.42 Å². The molecular formula is C20H29ClN2O4S. The van der Waals surface area contributed by atoms with Gasteiger partial charge in [-0.3, -0.25) is 4.79 Å². The van der Waals surface area contributed by atoms with Crippen molar-refractivity contribution < 1.29 is 17.9 Å². The van der Waals surface area contributed by atoms with Gasteiger partial charge in [0.05, 0.1) is 24.2 Å². The van der Waals surface area contributed by atoms with Crippen LogP contribution in [0.3, 0.4) is 0 Å². The Hall–Kier alpha value is -1.15. The Morgan fingerprint density at radius 2 is 2.07 bits per heavy atom.